The van der Waals surface area contributed by atoms with E-state index in [4.69, 9.17) is 4.74 Å². The molecule has 1 aliphatic carbocycles. The third kappa shape index (κ3) is 4.27. The minimum Gasteiger partial charge on any atom is -0.490 e. The van der Waals surface area contributed by atoms with Gasteiger partial charge in [0.15, 0.2) is 0 Å². The predicted molar refractivity (Wildman–Crippen MR) is 94.0 cm³/mol. The monoisotopic (exact) mass is 317 g/mol. The fraction of sp³-hybridized carbons (Fsp3) is 0.700. The molecule has 23 heavy (non-hydrogen) atoms. The first-order valence-electron chi connectivity index (χ1n) is 9.22. The fourth-order valence-corrected chi connectivity index (χ4v) is 4.15. The van der Waals surface area contributed by atoms with Gasteiger partial charge in [-0.05, 0) is 64.1 Å². The Morgan fingerprint density at radius 1 is 1.13 bits per heavy atom. The molecule has 2 aliphatic rings. The summed E-state index contributed by atoms with van der Waals surface area (Å²) in [6, 6.07) is 6.99. The second kappa shape index (κ2) is 7.23. The van der Waals surface area contributed by atoms with Crippen molar-refractivity contribution in [3.05, 3.63) is 29.3 Å². The van der Waals surface area contributed by atoms with Crippen molar-refractivity contribution in [1.82, 2.24) is 4.90 Å². The average molecular weight is 317 g/mol. The molecule has 0 radical (unpaired) electrons. The van der Waals surface area contributed by atoms with E-state index in [-0.39, 0.29) is 0 Å². The molecular formula is C20H31NO2. The van der Waals surface area contributed by atoms with Crippen LogP contribution >= 0.6 is 0 Å². The zero-order chi connectivity index (χ0) is 16.3. The smallest absolute Gasteiger partial charge is 0.122 e. The third-order valence-electron chi connectivity index (χ3n) is 5.62. The molecule has 1 unspecified atom stereocenters. The Morgan fingerprint density at radius 2 is 1.91 bits per heavy atom. The Hall–Kier alpha value is -1.06. The number of hydrogen-bond acceptors (Lipinski definition) is 3. The summed E-state index contributed by atoms with van der Waals surface area (Å²) in [4.78, 5) is 2.61. The van der Waals surface area contributed by atoms with Crippen LogP contribution in [-0.2, 0) is 0 Å². The summed E-state index contributed by atoms with van der Waals surface area (Å²) in [5.74, 6) is 0.904. The number of benzene rings is 1. The quantitative estimate of drug-likeness (QED) is 0.916. The van der Waals surface area contributed by atoms with E-state index in [1.165, 1.54) is 31.2 Å². The lowest BCUT2D eigenvalue weighted by atomic mass is 9.96. The van der Waals surface area contributed by atoms with Gasteiger partial charge in [-0.15, -0.1) is 0 Å². The minimum absolute atomic E-state index is 0.412. The molecule has 2 fully saturated rings. The summed E-state index contributed by atoms with van der Waals surface area (Å²) in [6.45, 7) is 6.72. The van der Waals surface area contributed by atoms with Gasteiger partial charge in [-0.2, -0.15) is 0 Å². The van der Waals surface area contributed by atoms with Gasteiger partial charge in [-0.3, -0.25) is 0 Å². The second-order valence-corrected chi connectivity index (χ2v) is 7.61. The summed E-state index contributed by atoms with van der Waals surface area (Å²) in [7, 11) is 0. The van der Waals surface area contributed by atoms with Gasteiger partial charge in [0.25, 0.3) is 0 Å². The maximum atomic E-state index is 11.0. The molecule has 128 valence electrons. The van der Waals surface area contributed by atoms with Crippen LogP contribution in [0.15, 0.2) is 18.2 Å². The van der Waals surface area contributed by atoms with Crippen LogP contribution < -0.4 is 4.74 Å². The van der Waals surface area contributed by atoms with Crippen LogP contribution in [0.4, 0.5) is 0 Å². The van der Waals surface area contributed by atoms with E-state index in [1.807, 2.05) is 6.07 Å². The molecule has 0 spiro atoms. The molecule has 1 saturated carbocycles. The highest BCUT2D eigenvalue weighted by atomic mass is 16.5. The van der Waals surface area contributed by atoms with Crippen LogP contribution in [0.5, 0.6) is 5.75 Å². The van der Waals surface area contributed by atoms with Crippen LogP contribution in [0.3, 0.4) is 0 Å². The summed E-state index contributed by atoms with van der Waals surface area (Å²) in [5, 5.41) is 11.0. The van der Waals surface area contributed by atoms with E-state index in [9.17, 15) is 5.11 Å². The molecule has 0 bridgehead atoms. The van der Waals surface area contributed by atoms with Crippen molar-refractivity contribution >= 4 is 0 Å². The Bertz CT molecular complexity index is 524. The van der Waals surface area contributed by atoms with Gasteiger partial charge < -0.3 is 14.7 Å². The zero-order valence-electron chi connectivity index (χ0n) is 14.7. The second-order valence-electron chi connectivity index (χ2n) is 7.61. The van der Waals surface area contributed by atoms with Crippen molar-refractivity contribution in [2.24, 2.45) is 0 Å². The summed E-state index contributed by atoms with van der Waals surface area (Å²) in [5.41, 5.74) is 1.72. The molecule has 1 heterocycles. The Balaban J connectivity index is 1.56. The van der Waals surface area contributed by atoms with E-state index < -0.39 is 5.60 Å². The highest BCUT2D eigenvalue weighted by molar-refractivity contribution is 5.35. The van der Waals surface area contributed by atoms with Crippen molar-refractivity contribution in [1.29, 1.82) is 0 Å². The highest BCUT2D eigenvalue weighted by Crippen LogP contribution is 2.30. The molecule has 1 aromatic rings. The van der Waals surface area contributed by atoms with Gasteiger partial charge in [0.2, 0.25) is 0 Å². The van der Waals surface area contributed by atoms with Crippen LogP contribution in [0.25, 0.3) is 0 Å². The summed E-state index contributed by atoms with van der Waals surface area (Å²) >= 11 is 0. The number of hydrogen-bond donors (Lipinski definition) is 1. The lowest BCUT2D eigenvalue weighted by Crippen LogP contribution is -2.39. The number of aliphatic hydroxyl groups is 1. The molecule has 1 atom stereocenters. The Morgan fingerprint density at radius 3 is 2.65 bits per heavy atom. The lowest BCUT2D eigenvalue weighted by molar-refractivity contribution is -0.0176. The highest BCUT2D eigenvalue weighted by Gasteiger charge is 2.33. The van der Waals surface area contributed by atoms with Gasteiger partial charge in [0.1, 0.15) is 12.4 Å². The predicted octanol–water partition coefficient (Wildman–Crippen LogP) is 3.84. The van der Waals surface area contributed by atoms with Crippen LogP contribution in [0.1, 0.15) is 56.1 Å². The number of ether oxygens (including phenoxy) is 1. The largest absolute Gasteiger partial charge is 0.490 e. The number of likely N-dealkylation sites (tertiary alicyclic amines) is 1. The van der Waals surface area contributed by atoms with Gasteiger partial charge in [-0.1, -0.05) is 30.5 Å². The van der Waals surface area contributed by atoms with E-state index in [2.05, 4.69) is 30.9 Å². The average Bonchev–Trinajstić information content (AvgIpc) is 2.97. The fourth-order valence-electron chi connectivity index (χ4n) is 4.15. The van der Waals surface area contributed by atoms with E-state index in [0.717, 1.165) is 49.7 Å². The van der Waals surface area contributed by atoms with Crippen molar-refractivity contribution in [3.63, 3.8) is 0 Å². The van der Waals surface area contributed by atoms with E-state index in [0.29, 0.717) is 6.61 Å². The molecule has 1 saturated heterocycles. The minimum atomic E-state index is -0.676. The number of aryl methyl sites for hydroxylation is 2. The van der Waals surface area contributed by atoms with E-state index >= 15 is 0 Å². The van der Waals surface area contributed by atoms with Crippen LogP contribution in [0, 0.1) is 13.8 Å². The number of rotatable bonds is 4. The zero-order valence-corrected chi connectivity index (χ0v) is 14.7. The molecule has 1 N–H and O–H groups in total. The first-order chi connectivity index (χ1) is 11.1. The molecule has 3 nitrogen and oxygen atoms in total. The molecule has 1 aliphatic heterocycles. The first kappa shape index (κ1) is 16.8. The van der Waals surface area contributed by atoms with Crippen LogP contribution in [0.2, 0.25) is 0 Å². The van der Waals surface area contributed by atoms with Gasteiger partial charge >= 0.3 is 0 Å². The molecule has 3 heteroatoms. The Labute approximate surface area is 140 Å². The van der Waals surface area contributed by atoms with E-state index in [1.54, 1.807) is 0 Å². The Kier molecular flexibility index (Phi) is 5.27. The van der Waals surface area contributed by atoms with Crippen molar-refractivity contribution < 1.29 is 9.84 Å². The molecule has 1 aromatic carbocycles. The topological polar surface area (TPSA) is 32.7 Å². The van der Waals surface area contributed by atoms with Crippen molar-refractivity contribution in [3.8, 4) is 5.75 Å². The molecule has 0 amide bonds. The standard InChI is InChI=1S/C20H31NO2/c1-16-8-9-19(17(2)14-16)23-15-20(22)10-5-12-21(13-11-20)18-6-3-4-7-18/h8-9,14,18,22H,3-7,10-13,15H2,1-2H3. The summed E-state index contributed by atoms with van der Waals surface area (Å²) < 4.78 is 5.98. The van der Waals surface area contributed by atoms with Gasteiger partial charge in [0.05, 0.1) is 5.60 Å². The summed E-state index contributed by atoms with van der Waals surface area (Å²) in [6.07, 6.45) is 8.19. The lowest BCUT2D eigenvalue weighted by Gasteiger charge is -2.29. The molecule has 0 aromatic heterocycles. The van der Waals surface area contributed by atoms with Crippen LogP contribution in [-0.4, -0.2) is 41.3 Å². The third-order valence-corrected chi connectivity index (χ3v) is 5.62. The van der Waals surface area contributed by atoms with Gasteiger partial charge in [-0.25, -0.2) is 0 Å². The molecular weight excluding hydrogens is 286 g/mol. The van der Waals surface area contributed by atoms with Gasteiger partial charge in [0, 0.05) is 12.6 Å². The SMILES string of the molecule is Cc1ccc(OCC2(O)CCCN(C3CCCC3)CC2)c(C)c1. The number of nitrogens with zero attached hydrogens (tertiary/aromatic N) is 1. The molecule has 3 rings (SSSR count). The maximum Gasteiger partial charge on any atom is 0.122 e. The van der Waals surface area contributed by atoms with Crippen molar-refractivity contribution in [2.75, 3.05) is 19.7 Å². The maximum absolute atomic E-state index is 11.0. The normalized spacial score (nSPS) is 27.1. The van der Waals surface area contributed by atoms with Crippen molar-refractivity contribution in [2.45, 2.75) is 70.4 Å². The first-order valence-corrected chi connectivity index (χ1v) is 9.22.